The van der Waals surface area contributed by atoms with Crippen molar-refractivity contribution >= 4 is 39.2 Å². The van der Waals surface area contributed by atoms with Crippen molar-refractivity contribution in [3.8, 4) is 0 Å². The van der Waals surface area contributed by atoms with Crippen molar-refractivity contribution in [3.63, 3.8) is 0 Å². The number of nitrogens with zero attached hydrogens (tertiary/aromatic N) is 2. The van der Waals surface area contributed by atoms with Gasteiger partial charge in [-0.15, -0.1) is 23.1 Å². The molecule has 0 radical (unpaired) electrons. The van der Waals surface area contributed by atoms with E-state index in [1.54, 1.807) is 29.4 Å². The lowest BCUT2D eigenvalue weighted by Gasteiger charge is -2.04. The Labute approximate surface area is 133 Å². The van der Waals surface area contributed by atoms with Crippen molar-refractivity contribution in [1.82, 2.24) is 15.3 Å². The zero-order valence-electron chi connectivity index (χ0n) is 12.5. The number of hydrogen-bond donors (Lipinski definition) is 1. The summed E-state index contributed by atoms with van der Waals surface area (Å²) in [6.45, 7) is 5.02. The summed E-state index contributed by atoms with van der Waals surface area (Å²) in [6, 6.07) is 2.12. The minimum Gasteiger partial charge on any atom is -0.356 e. The van der Waals surface area contributed by atoms with E-state index in [-0.39, 0.29) is 5.91 Å². The third-order valence-electron chi connectivity index (χ3n) is 3.09. The molecule has 0 fully saturated rings. The molecule has 0 aliphatic heterocycles. The second-order valence-corrected chi connectivity index (χ2v) is 7.23. The van der Waals surface area contributed by atoms with Crippen LogP contribution in [-0.4, -0.2) is 28.2 Å². The van der Waals surface area contributed by atoms with E-state index in [1.807, 2.05) is 0 Å². The van der Waals surface area contributed by atoms with E-state index in [0.717, 1.165) is 34.0 Å². The van der Waals surface area contributed by atoms with Gasteiger partial charge in [0.2, 0.25) is 5.91 Å². The van der Waals surface area contributed by atoms with Gasteiger partial charge in [0.15, 0.2) is 0 Å². The standard InChI is InChI=1S/C15H21N3OS2/c1-3-4-5-7-16-13(19)6-8-20-14-12-9-11(2)21-15(12)18-10-17-14/h9-10H,3-8H2,1-2H3,(H,16,19). The van der Waals surface area contributed by atoms with Gasteiger partial charge in [-0.2, -0.15) is 0 Å². The average Bonchev–Trinajstić information content (AvgIpc) is 2.85. The molecule has 0 atom stereocenters. The molecule has 0 saturated carbocycles. The smallest absolute Gasteiger partial charge is 0.220 e. The number of unbranched alkanes of at least 4 members (excludes halogenated alkanes) is 2. The number of nitrogens with one attached hydrogen (secondary N) is 1. The molecule has 1 N–H and O–H groups in total. The Kier molecular flexibility index (Phi) is 6.45. The van der Waals surface area contributed by atoms with Gasteiger partial charge in [0.05, 0.1) is 0 Å². The Morgan fingerprint density at radius 2 is 2.24 bits per heavy atom. The molecule has 2 aromatic heterocycles. The number of carbonyl (C=O) groups excluding carboxylic acids is 1. The summed E-state index contributed by atoms with van der Waals surface area (Å²) in [6.07, 6.45) is 5.55. The number of thiophene rings is 1. The molecule has 0 bridgehead atoms. The highest BCUT2D eigenvalue weighted by Gasteiger charge is 2.08. The first-order valence-electron chi connectivity index (χ1n) is 7.31. The number of hydrogen-bond acceptors (Lipinski definition) is 5. The number of amides is 1. The molecule has 2 rings (SSSR count). The Morgan fingerprint density at radius 1 is 1.38 bits per heavy atom. The van der Waals surface area contributed by atoms with Crippen LogP contribution in [-0.2, 0) is 4.79 Å². The van der Waals surface area contributed by atoms with Gasteiger partial charge < -0.3 is 5.32 Å². The van der Waals surface area contributed by atoms with Crippen LogP contribution in [0.4, 0.5) is 0 Å². The second kappa shape index (κ2) is 8.34. The molecule has 1 amide bonds. The van der Waals surface area contributed by atoms with Crippen LogP contribution >= 0.6 is 23.1 Å². The van der Waals surface area contributed by atoms with Crippen LogP contribution in [0.1, 0.15) is 37.5 Å². The van der Waals surface area contributed by atoms with E-state index in [2.05, 4.69) is 35.2 Å². The third-order valence-corrected chi connectivity index (χ3v) is 5.05. The fourth-order valence-corrected chi connectivity index (χ4v) is 3.83. The topological polar surface area (TPSA) is 54.9 Å². The van der Waals surface area contributed by atoms with Gasteiger partial charge in [-0.25, -0.2) is 9.97 Å². The lowest BCUT2D eigenvalue weighted by molar-refractivity contribution is -0.120. The second-order valence-electron chi connectivity index (χ2n) is 4.91. The molecule has 0 unspecified atom stereocenters. The number of aromatic nitrogens is 2. The number of thioether (sulfide) groups is 1. The normalized spacial score (nSPS) is 11.0. The molecule has 0 aliphatic carbocycles. The van der Waals surface area contributed by atoms with Crippen LogP contribution in [0.5, 0.6) is 0 Å². The van der Waals surface area contributed by atoms with E-state index >= 15 is 0 Å². The fraction of sp³-hybridized carbons (Fsp3) is 0.533. The summed E-state index contributed by atoms with van der Waals surface area (Å²) in [4.78, 5) is 22.6. The summed E-state index contributed by atoms with van der Waals surface area (Å²) in [5.74, 6) is 0.881. The zero-order chi connectivity index (χ0) is 15.1. The first-order valence-corrected chi connectivity index (χ1v) is 9.11. The lowest BCUT2D eigenvalue weighted by Crippen LogP contribution is -2.24. The van der Waals surface area contributed by atoms with Gasteiger partial charge >= 0.3 is 0 Å². The largest absolute Gasteiger partial charge is 0.356 e. The Bertz CT molecular complexity index is 598. The molecule has 21 heavy (non-hydrogen) atoms. The van der Waals surface area contributed by atoms with Crippen LogP contribution in [0, 0.1) is 6.92 Å². The number of rotatable bonds is 8. The van der Waals surface area contributed by atoms with Crippen molar-refractivity contribution in [2.75, 3.05) is 12.3 Å². The maximum atomic E-state index is 11.7. The maximum Gasteiger partial charge on any atom is 0.220 e. The molecular weight excluding hydrogens is 302 g/mol. The van der Waals surface area contributed by atoms with Gasteiger partial charge in [0.25, 0.3) is 0 Å². The molecule has 0 aliphatic rings. The first-order chi connectivity index (χ1) is 10.2. The molecule has 2 heterocycles. The van der Waals surface area contributed by atoms with Crippen molar-refractivity contribution in [1.29, 1.82) is 0 Å². The Morgan fingerprint density at radius 3 is 3.05 bits per heavy atom. The molecule has 0 spiro atoms. The number of carbonyl (C=O) groups is 1. The minimum absolute atomic E-state index is 0.130. The van der Waals surface area contributed by atoms with Gasteiger partial charge in [0, 0.05) is 29.0 Å². The summed E-state index contributed by atoms with van der Waals surface area (Å²) >= 11 is 3.31. The third kappa shape index (κ3) is 4.97. The van der Waals surface area contributed by atoms with Crippen LogP contribution in [0.25, 0.3) is 10.2 Å². The summed E-state index contributed by atoms with van der Waals surface area (Å²) in [5, 5.41) is 5.04. The zero-order valence-corrected chi connectivity index (χ0v) is 14.1. The van der Waals surface area contributed by atoms with Crippen molar-refractivity contribution in [3.05, 3.63) is 17.3 Å². The SMILES string of the molecule is CCCCCNC(=O)CCSc1ncnc2sc(C)cc12. The van der Waals surface area contributed by atoms with Crippen LogP contribution in [0.2, 0.25) is 0 Å². The number of fused-ring (bicyclic) bond motifs is 1. The molecule has 0 aromatic carbocycles. The summed E-state index contributed by atoms with van der Waals surface area (Å²) < 4.78 is 0. The van der Waals surface area contributed by atoms with Crippen LogP contribution in [0.3, 0.4) is 0 Å². The van der Waals surface area contributed by atoms with E-state index in [4.69, 9.17) is 0 Å². The molecule has 6 heteroatoms. The number of aryl methyl sites for hydroxylation is 1. The van der Waals surface area contributed by atoms with E-state index < -0.39 is 0 Å². The predicted molar refractivity (Wildman–Crippen MR) is 90.0 cm³/mol. The van der Waals surface area contributed by atoms with E-state index in [1.165, 1.54) is 17.7 Å². The summed E-state index contributed by atoms with van der Waals surface area (Å²) in [5.41, 5.74) is 0. The van der Waals surface area contributed by atoms with Crippen molar-refractivity contribution in [2.45, 2.75) is 44.6 Å². The first kappa shape index (κ1) is 16.2. The summed E-state index contributed by atoms with van der Waals surface area (Å²) in [7, 11) is 0. The van der Waals surface area contributed by atoms with Crippen LogP contribution < -0.4 is 5.32 Å². The van der Waals surface area contributed by atoms with Crippen LogP contribution in [0.15, 0.2) is 17.4 Å². The van der Waals surface area contributed by atoms with E-state index in [9.17, 15) is 4.79 Å². The monoisotopic (exact) mass is 323 g/mol. The molecule has 0 saturated heterocycles. The predicted octanol–water partition coefficient (Wildman–Crippen LogP) is 3.79. The van der Waals surface area contributed by atoms with Gasteiger partial charge in [0.1, 0.15) is 16.2 Å². The van der Waals surface area contributed by atoms with E-state index in [0.29, 0.717) is 6.42 Å². The molecule has 4 nitrogen and oxygen atoms in total. The average molecular weight is 323 g/mol. The van der Waals surface area contributed by atoms with Gasteiger partial charge in [-0.3, -0.25) is 4.79 Å². The highest BCUT2D eigenvalue weighted by atomic mass is 32.2. The Hall–Kier alpha value is -1.14. The Balaban J connectivity index is 1.78. The molecular formula is C15H21N3OS2. The molecule has 114 valence electrons. The van der Waals surface area contributed by atoms with Crippen molar-refractivity contribution in [2.24, 2.45) is 0 Å². The quantitative estimate of drug-likeness (QED) is 0.456. The highest BCUT2D eigenvalue weighted by molar-refractivity contribution is 7.99. The maximum absolute atomic E-state index is 11.7. The molecule has 2 aromatic rings. The highest BCUT2D eigenvalue weighted by Crippen LogP contribution is 2.30. The van der Waals surface area contributed by atoms with Crippen molar-refractivity contribution < 1.29 is 4.79 Å². The minimum atomic E-state index is 0.130. The lowest BCUT2D eigenvalue weighted by atomic mass is 10.2. The van der Waals surface area contributed by atoms with Gasteiger partial charge in [-0.05, 0) is 19.4 Å². The van der Waals surface area contributed by atoms with Gasteiger partial charge in [-0.1, -0.05) is 19.8 Å². The fourth-order valence-electron chi connectivity index (χ4n) is 2.00.